The molecule has 142 valence electrons. The molecule has 2 heterocycles. The summed E-state index contributed by atoms with van der Waals surface area (Å²) < 4.78 is 7.61. The molecule has 0 spiro atoms. The summed E-state index contributed by atoms with van der Waals surface area (Å²) in [4.78, 5) is 17.7. The van der Waals surface area contributed by atoms with Gasteiger partial charge in [-0.2, -0.15) is 9.50 Å². The lowest BCUT2D eigenvalue weighted by atomic mass is 10.2. The number of ether oxygens (including phenoxy) is 1. The van der Waals surface area contributed by atoms with E-state index in [0.29, 0.717) is 26.9 Å². The molecule has 0 fully saturated rings. The van der Waals surface area contributed by atoms with Crippen LogP contribution in [0, 0.1) is 0 Å². The second kappa shape index (κ2) is 8.12. The van der Waals surface area contributed by atoms with Crippen molar-refractivity contribution in [2.45, 2.75) is 19.8 Å². The fraction of sp³-hybridized carbons (Fsp3) is 0.190. The van der Waals surface area contributed by atoms with Gasteiger partial charge in [0.05, 0.1) is 11.1 Å². The average Bonchev–Trinajstić information content (AvgIpc) is 3.24. The lowest BCUT2D eigenvalue weighted by Gasteiger charge is -2.04. The van der Waals surface area contributed by atoms with Crippen LogP contribution in [-0.4, -0.2) is 21.2 Å². The van der Waals surface area contributed by atoms with E-state index in [0.717, 1.165) is 29.7 Å². The van der Waals surface area contributed by atoms with Gasteiger partial charge < -0.3 is 4.74 Å². The summed E-state index contributed by atoms with van der Waals surface area (Å²) in [5, 5.41) is 5.00. The quantitative estimate of drug-likeness (QED) is 0.446. The van der Waals surface area contributed by atoms with E-state index in [4.69, 9.17) is 16.3 Å². The van der Waals surface area contributed by atoms with Crippen LogP contribution in [0.15, 0.2) is 53.3 Å². The molecule has 0 radical (unpaired) electrons. The minimum absolute atomic E-state index is 0.170. The van der Waals surface area contributed by atoms with E-state index in [2.05, 4.69) is 17.0 Å². The predicted octanol–water partition coefficient (Wildman–Crippen LogP) is 4.20. The smallest absolute Gasteiger partial charge is 0.291 e. The van der Waals surface area contributed by atoms with Gasteiger partial charge in [-0.05, 0) is 54.5 Å². The summed E-state index contributed by atoms with van der Waals surface area (Å²) >= 11 is 7.24. The minimum atomic E-state index is -0.170. The van der Waals surface area contributed by atoms with Crippen molar-refractivity contribution in [3.63, 3.8) is 0 Å². The Balaban J connectivity index is 1.60. The van der Waals surface area contributed by atoms with E-state index in [9.17, 15) is 4.79 Å². The second-order valence-corrected chi connectivity index (χ2v) is 7.77. The molecular formula is C21H18ClN3O2S. The van der Waals surface area contributed by atoms with Gasteiger partial charge in [-0.1, -0.05) is 48.4 Å². The zero-order chi connectivity index (χ0) is 19.5. The van der Waals surface area contributed by atoms with Crippen LogP contribution in [0.1, 0.15) is 25.3 Å². The lowest BCUT2D eigenvalue weighted by molar-refractivity contribution is 0.309. The number of benzene rings is 2. The summed E-state index contributed by atoms with van der Waals surface area (Å²) in [6.07, 6.45) is 3.99. The molecule has 0 N–H and O–H groups in total. The normalized spacial score (nSPS) is 12.0. The first kappa shape index (κ1) is 18.7. The molecule has 0 amide bonds. The molecule has 0 saturated carbocycles. The van der Waals surface area contributed by atoms with Crippen LogP contribution >= 0.6 is 22.9 Å². The summed E-state index contributed by atoms with van der Waals surface area (Å²) in [5.74, 6) is 1.35. The van der Waals surface area contributed by atoms with Crippen molar-refractivity contribution in [2.75, 3.05) is 6.61 Å². The van der Waals surface area contributed by atoms with E-state index in [1.165, 1.54) is 15.9 Å². The molecule has 0 bridgehead atoms. The highest BCUT2D eigenvalue weighted by Crippen LogP contribution is 2.19. The largest absolute Gasteiger partial charge is 0.494 e. The highest BCUT2D eigenvalue weighted by Gasteiger charge is 2.11. The molecule has 4 rings (SSSR count). The van der Waals surface area contributed by atoms with E-state index in [1.54, 1.807) is 12.1 Å². The van der Waals surface area contributed by atoms with Crippen LogP contribution in [0.25, 0.3) is 22.4 Å². The third-order valence-electron chi connectivity index (χ3n) is 4.23. The van der Waals surface area contributed by atoms with Gasteiger partial charge in [-0.25, -0.2) is 0 Å². The molecule has 0 saturated heterocycles. The maximum absolute atomic E-state index is 12.7. The van der Waals surface area contributed by atoms with Crippen molar-refractivity contribution in [2.24, 2.45) is 0 Å². The third-order valence-corrected chi connectivity index (χ3v) is 5.44. The number of hydrogen-bond acceptors (Lipinski definition) is 5. The average molecular weight is 412 g/mol. The van der Waals surface area contributed by atoms with Gasteiger partial charge in [0.1, 0.15) is 5.75 Å². The van der Waals surface area contributed by atoms with E-state index < -0.39 is 0 Å². The number of nitrogens with zero attached hydrogens (tertiary/aromatic N) is 3. The molecule has 2 aromatic carbocycles. The number of aromatic nitrogens is 3. The zero-order valence-electron chi connectivity index (χ0n) is 15.3. The predicted molar refractivity (Wildman–Crippen MR) is 113 cm³/mol. The van der Waals surface area contributed by atoms with E-state index in [1.807, 2.05) is 42.5 Å². The first-order valence-corrected chi connectivity index (χ1v) is 10.2. The van der Waals surface area contributed by atoms with Crippen LogP contribution in [-0.2, 0) is 0 Å². The Hall–Kier alpha value is -2.70. The number of thiazole rings is 1. The highest BCUT2D eigenvalue weighted by molar-refractivity contribution is 7.15. The third kappa shape index (κ3) is 3.93. The van der Waals surface area contributed by atoms with Gasteiger partial charge >= 0.3 is 0 Å². The fourth-order valence-electron chi connectivity index (χ4n) is 2.70. The van der Waals surface area contributed by atoms with Crippen LogP contribution in [0.3, 0.4) is 0 Å². The lowest BCUT2D eigenvalue weighted by Crippen LogP contribution is -2.23. The van der Waals surface area contributed by atoms with Crippen LogP contribution in [0.2, 0.25) is 5.02 Å². The Morgan fingerprint density at radius 3 is 2.57 bits per heavy atom. The number of unbranched alkanes of at least 4 members (excludes halogenated alkanes) is 1. The molecule has 0 atom stereocenters. The van der Waals surface area contributed by atoms with Gasteiger partial charge in [0, 0.05) is 10.6 Å². The van der Waals surface area contributed by atoms with E-state index in [-0.39, 0.29) is 5.56 Å². The van der Waals surface area contributed by atoms with Crippen LogP contribution in [0.4, 0.5) is 0 Å². The molecular weight excluding hydrogens is 394 g/mol. The highest BCUT2D eigenvalue weighted by atomic mass is 35.5. The number of halogens is 1. The van der Waals surface area contributed by atoms with Crippen LogP contribution < -0.4 is 14.8 Å². The van der Waals surface area contributed by atoms with E-state index >= 15 is 0 Å². The summed E-state index contributed by atoms with van der Waals surface area (Å²) in [6, 6.07) is 14.9. The maximum Gasteiger partial charge on any atom is 0.291 e. The summed E-state index contributed by atoms with van der Waals surface area (Å²) in [7, 11) is 0. The Labute approximate surface area is 170 Å². The molecule has 0 aliphatic rings. The van der Waals surface area contributed by atoms with Crippen molar-refractivity contribution in [1.29, 1.82) is 0 Å². The second-order valence-electron chi connectivity index (χ2n) is 6.32. The van der Waals surface area contributed by atoms with Gasteiger partial charge in [0.15, 0.2) is 5.82 Å². The van der Waals surface area contributed by atoms with Crippen LogP contribution in [0.5, 0.6) is 5.75 Å². The summed E-state index contributed by atoms with van der Waals surface area (Å²) in [5.41, 5.74) is 1.59. The van der Waals surface area contributed by atoms with Gasteiger partial charge in [0.25, 0.3) is 5.56 Å². The minimum Gasteiger partial charge on any atom is -0.494 e. The molecule has 7 heteroatoms. The number of fused-ring (bicyclic) bond motifs is 1. The van der Waals surface area contributed by atoms with Crippen molar-refractivity contribution in [3.05, 3.63) is 74.0 Å². The van der Waals surface area contributed by atoms with Gasteiger partial charge in [0.2, 0.25) is 4.96 Å². The first-order valence-electron chi connectivity index (χ1n) is 9.04. The van der Waals surface area contributed by atoms with Crippen molar-refractivity contribution in [1.82, 2.24) is 14.6 Å². The fourth-order valence-corrected chi connectivity index (χ4v) is 3.73. The van der Waals surface area contributed by atoms with Gasteiger partial charge in [-0.15, -0.1) is 5.10 Å². The van der Waals surface area contributed by atoms with Crippen molar-refractivity contribution < 1.29 is 4.74 Å². The first-order chi connectivity index (χ1) is 13.6. The topological polar surface area (TPSA) is 56.5 Å². The standard InChI is InChI=1S/C21H18ClN3O2S/c1-2-3-12-27-17-10-4-14(5-11-17)13-18-20(26)25-21(28-18)23-19(24-25)15-6-8-16(22)9-7-15/h4-11,13H,2-3,12H2,1H3/b18-13+. The molecule has 0 aliphatic heterocycles. The Bertz CT molecular complexity index is 1200. The van der Waals surface area contributed by atoms with Gasteiger partial charge in [-0.3, -0.25) is 4.79 Å². The number of rotatable bonds is 6. The van der Waals surface area contributed by atoms with Crippen molar-refractivity contribution >= 4 is 34.0 Å². The molecule has 0 unspecified atom stereocenters. The molecule has 0 aliphatic carbocycles. The molecule has 2 aromatic heterocycles. The SMILES string of the molecule is CCCCOc1ccc(/C=c2/sc3nc(-c4ccc(Cl)cc4)nn3c2=O)cc1. The molecule has 5 nitrogen and oxygen atoms in total. The monoisotopic (exact) mass is 411 g/mol. The Morgan fingerprint density at radius 2 is 1.89 bits per heavy atom. The summed E-state index contributed by atoms with van der Waals surface area (Å²) in [6.45, 7) is 2.85. The molecule has 4 aromatic rings. The Kier molecular flexibility index (Phi) is 5.41. The molecule has 28 heavy (non-hydrogen) atoms. The zero-order valence-corrected chi connectivity index (χ0v) is 16.8. The maximum atomic E-state index is 12.7. The Morgan fingerprint density at radius 1 is 1.14 bits per heavy atom. The number of hydrogen-bond donors (Lipinski definition) is 0. The van der Waals surface area contributed by atoms with Crippen molar-refractivity contribution in [3.8, 4) is 17.1 Å².